The summed E-state index contributed by atoms with van der Waals surface area (Å²) in [5.74, 6) is 1.50. The molecule has 2 amide bonds. The summed E-state index contributed by atoms with van der Waals surface area (Å²) >= 11 is 1.54. The molecule has 34 heavy (non-hydrogen) atoms. The van der Waals surface area contributed by atoms with Gasteiger partial charge in [-0.15, -0.1) is 11.3 Å². The van der Waals surface area contributed by atoms with E-state index in [0.29, 0.717) is 42.3 Å². The first kappa shape index (κ1) is 24.5. The fraction of sp³-hybridized carbons (Fsp3) is 0.519. The second-order valence-corrected chi connectivity index (χ2v) is 11.1. The molecule has 1 aromatic carbocycles. The van der Waals surface area contributed by atoms with Crippen molar-refractivity contribution in [3.8, 4) is 5.75 Å². The molecule has 0 radical (unpaired) electrons. The SMILES string of the molecule is COc1ccc(CC(=O)CC2CCc3sc(NC(=O)C4CC4)c(C(=O)NCC(C)C)c3C2)cc1.[HH]. The lowest BCUT2D eigenvalue weighted by atomic mass is 9.82. The number of methoxy groups -OCH3 is 1. The molecule has 2 aliphatic carbocycles. The van der Waals surface area contributed by atoms with Crippen molar-refractivity contribution in [3.63, 3.8) is 0 Å². The van der Waals surface area contributed by atoms with Gasteiger partial charge in [-0.2, -0.15) is 0 Å². The van der Waals surface area contributed by atoms with Gasteiger partial charge < -0.3 is 15.4 Å². The van der Waals surface area contributed by atoms with Crippen molar-refractivity contribution in [2.24, 2.45) is 17.8 Å². The van der Waals surface area contributed by atoms with E-state index in [4.69, 9.17) is 4.74 Å². The first-order valence-corrected chi connectivity index (χ1v) is 13.0. The smallest absolute Gasteiger partial charge is 0.254 e. The molecule has 0 aliphatic heterocycles. The van der Waals surface area contributed by atoms with E-state index in [0.717, 1.165) is 42.6 Å². The van der Waals surface area contributed by atoms with Crippen molar-refractivity contribution in [2.45, 2.75) is 58.8 Å². The summed E-state index contributed by atoms with van der Waals surface area (Å²) < 4.78 is 5.19. The Labute approximate surface area is 207 Å². The van der Waals surface area contributed by atoms with Crippen molar-refractivity contribution in [1.82, 2.24) is 5.32 Å². The molecule has 0 spiro atoms. The number of benzene rings is 1. The second kappa shape index (κ2) is 10.7. The maximum Gasteiger partial charge on any atom is 0.254 e. The molecule has 1 heterocycles. The van der Waals surface area contributed by atoms with Crippen molar-refractivity contribution in [1.29, 1.82) is 0 Å². The molecule has 184 valence electrons. The monoisotopic (exact) mass is 484 g/mol. The molecular weight excluding hydrogens is 448 g/mol. The quantitative estimate of drug-likeness (QED) is 0.495. The van der Waals surface area contributed by atoms with E-state index in [2.05, 4.69) is 24.5 Å². The number of thiophene rings is 1. The predicted molar refractivity (Wildman–Crippen MR) is 137 cm³/mol. The van der Waals surface area contributed by atoms with Gasteiger partial charge in [-0.3, -0.25) is 14.4 Å². The minimum atomic E-state index is -0.123. The van der Waals surface area contributed by atoms with Gasteiger partial charge in [-0.05, 0) is 67.2 Å². The molecule has 2 N–H and O–H groups in total. The standard InChI is InChI=1S/C27H34N2O4S.H2/c1-16(2)15-28-26(32)24-22-14-18(13-20(30)12-17-4-9-21(33-3)10-5-17)6-11-23(22)34-27(24)29-25(31)19-7-8-19;/h4-5,9-10,16,18-19H,6-8,11-15H2,1-3H3,(H,28,32)(H,29,31);1H. The lowest BCUT2D eigenvalue weighted by molar-refractivity contribution is -0.119. The zero-order valence-corrected chi connectivity index (χ0v) is 21.1. The van der Waals surface area contributed by atoms with Gasteiger partial charge in [-0.1, -0.05) is 26.0 Å². The van der Waals surface area contributed by atoms with E-state index >= 15 is 0 Å². The highest BCUT2D eigenvalue weighted by atomic mass is 32.1. The lowest BCUT2D eigenvalue weighted by Crippen LogP contribution is -2.29. The number of ether oxygens (including phenoxy) is 1. The van der Waals surface area contributed by atoms with E-state index in [1.54, 1.807) is 7.11 Å². The van der Waals surface area contributed by atoms with E-state index in [1.807, 2.05) is 24.3 Å². The van der Waals surface area contributed by atoms with Crippen LogP contribution in [0.25, 0.3) is 0 Å². The van der Waals surface area contributed by atoms with E-state index in [-0.39, 0.29) is 30.9 Å². The summed E-state index contributed by atoms with van der Waals surface area (Å²) in [5.41, 5.74) is 2.62. The summed E-state index contributed by atoms with van der Waals surface area (Å²) in [5, 5.41) is 6.74. The van der Waals surface area contributed by atoms with Gasteiger partial charge in [0.1, 0.15) is 16.5 Å². The highest BCUT2D eigenvalue weighted by Crippen LogP contribution is 2.41. The fourth-order valence-corrected chi connectivity index (χ4v) is 5.71. The second-order valence-electron chi connectivity index (χ2n) is 9.95. The number of hydrogen-bond donors (Lipinski definition) is 2. The minimum Gasteiger partial charge on any atom is -0.497 e. The third-order valence-corrected chi connectivity index (χ3v) is 7.73. The Hall–Kier alpha value is -2.67. The Morgan fingerprint density at radius 3 is 2.53 bits per heavy atom. The van der Waals surface area contributed by atoms with Gasteiger partial charge in [0.15, 0.2) is 0 Å². The van der Waals surface area contributed by atoms with Crippen molar-refractivity contribution < 1.29 is 20.5 Å². The zero-order chi connectivity index (χ0) is 24.2. The van der Waals surface area contributed by atoms with Crippen LogP contribution in [0.4, 0.5) is 5.00 Å². The molecule has 7 heteroatoms. The van der Waals surface area contributed by atoms with Crippen LogP contribution >= 0.6 is 11.3 Å². The van der Waals surface area contributed by atoms with Gasteiger partial charge in [-0.25, -0.2) is 0 Å². The van der Waals surface area contributed by atoms with Crippen molar-refractivity contribution in [2.75, 3.05) is 19.0 Å². The molecular formula is C27H36N2O4S. The third-order valence-electron chi connectivity index (χ3n) is 6.52. The Morgan fingerprint density at radius 1 is 1.15 bits per heavy atom. The van der Waals surface area contributed by atoms with E-state index in [9.17, 15) is 14.4 Å². The molecule has 2 aromatic rings. The topological polar surface area (TPSA) is 84.5 Å². The fourth-order valence-electron chi connectivity index (χ4n) is 4.47. The van der Waals surface area contributed by atoms with Crippen LogP contribution in [0.1, 0.15) is 67.3 Å². The molecule has 1 saturated carbocycles. The maximum atomic E-state index is 13.2. The Bertz CT molecular complexity index is 1060. The summed E-state index contributed by atoms with van der Waals surface area (Å²) in [6.07, 6.45) is 5.20. The highest BCUT2D eigenvalue weighted by molar-refractivity contribution is 7.17. The van der Waals surface area contributed by atoms with Gasteiger partial charge in [0.05, 0.1) is 12.7 Å². The van der Waals surface area contributed by atoms with Crippen LogP contribution in [-0.2, 0) is 28.9 Å². The number of hydrogen-bond acceptors (Lipinski definition) is 5. The number of anilines is 1. The first-order chi connectivity index (χ1) is 16.3. The molecule has 2 aliphatic rings. The molecule has 0 bridgehead atoms. The van der Waals surface area contributed by atoms with E-state index in [1.165, 1.54) is 16.2 Å². The normalized spacial score (nSPS) is 17.2. The molecule has 1 atom stereocenters. The number of amides is 2. The van der Waals surface area contributed by atoms with Crippen LogP contribution in [0.15, 0.2) is 24.3 Å². The van der Waals surface area contributed by atoms with E-state index < -0.39 is 0 Å². The Balaban J connectivity index is 0.00000342. The molecule has 4 rings (SSSR count). The third kappa shape index (κ3) is 6.06. The number of nitrogens with one attached hydrogen (secondary N) is 2. The zero-order valence-electron chi connectivity index (χ0n) is 20.2. The van der Waals surface area contributed by atoms with Crippen LogP contribution in [0.5, 0.6) is 5.75 Å². The van der Waals surface area contributed by atoms with Crippen LogP contribution in [0, 0.1) is 17.8 Å². The molecule has 6 nitrogen and oxygen atoms in total. The maximum absolute atomic E-state index is 13.2. The summed E-state index contributed by atoms with van der Waals surface area (Å²) in [6, 6.07) is 7.61. The van der Waals surface area contributed by atoms with Gasteiger partial charge >= 0.3 is 0 Å². The molecule has 1 fully saturated rings. The van der Waals surface area contributed by atoms with Gasteiger partial charge in [0.25, 0.3) is 5.91 Å². The first-order valence-electron chi connectivity index (χ1n) is 12.2. The van der Waals surface area contributed by atoms with Crippen LogP contribution in [-0.4, -0.2) is 31.3 Å². The summed E-state index contributed by atoms with van der Waals surface area (Å²) in [6.45, 7) is 4.70. The number of carbonyl (C=O) groups excluding carboxylic acids is 3. The minimum absolute atomic E-state index is 0. The number of carbonyl (C=O) groups is 3. The molecule has 0 saturated heterocycles. The largest absolute Gasteiger partial charge is 0.497 e. The molecule has 1 unspecified atom stereocenters. The van der Waals surface area contributed by atoms with Crippen LogP contribution < -0.4 is 15.4 Å². The van der Waals surface area contributed by atoms with Crippen molar-refractivity contribution >= 4 is 33.9 Å². The van der Waals surface area contributed by atoms with Crippen molar-refractivity contribution in [3.05, 3.63) is 45.8 Å². The average molecular weight is 485 g/mol. The lowest BCUT2D eigenvalue weighted by Gasteiger charge is -2.22. The number of ketones is 1. The molecule has 1 aromatic heterocycles. The number of rotatable bonds is 10. The van der Waals surface area contributed by atoms with Crippen LogP contribution in [0.3, 0.4) is 0 Å². The average Bonchev–Trinajstić information content (AvgIpc) is 3.60. The number of Topliss-reactive ketones (excluding diaryl/α,β-unsaturated/α-hetero) is 1. The Morgan fingerprint density at radius 2 is 1.88 bits per heavy atom. The highest BCUT2D eigenvalue weighted by Gasteiger charge is 2.34. The predicted octanol–water partition coefficient (Wildman–Crippen LogP) is 5.04. The van der Waals surface area contributed by atoms with Crippen LogP contribution in [0.2, 0.25) is 0 Å². The summed E-state index contributed by atoms with van der Waals surface area (Å²) in [7, 11) is 1.63. The van der Waals surface area contributed by atoms with Gasteiger partial charge in [0.2, 0.25) is 5.91 Å². The number of aryl methyl sites for hydroxylation is 1. The number of fused-ring (bicyclic) bond motifs is 1. The Kier molecular flexibility index (Phi) is 7.71. The van der Waals surface area contributed by atoms with Gasteiger partial charge in [0, 0.05) is 31.6 Å². The summed E-state index contributed by atoms with van der Waals surface area (Å²) in [4.78, 5) is 39.6.